The van der Waals surface area contributed by atoms with Gasteiger partial charge >= 0.3 is 0 Å². The zero-order valence-corrected chi connectivity index (χ0v) is 13.1. The Bertz CT molecular complexity index is 280. The zero-order valence-electron chi connectivity index (χ0n) is 13.1. The molecule has 2 N–H and O–H groups in total. The lowest BCUT2D eigenvalue weighted by atomic mass is 10.2. The van der Waals surface area contributed by atoms with Crippen LogP contribution >= 0.6 is 0 Å². The highest BCUT2D eigenvalue weighted by Gasteiger charge is 2.18. The Balaban J connectivity index is 2.36. The Morgan fingerprint density at radius 2 is 2.00 bits per heavy atom. The molecule has 118 valence electrons. The van der Waals surface area contributed by atoms with Gasteiger partial charge in [0.15, 0.2) is 0 Å². The van der Waals surface area contributed by atoms with Gasteiger partial charge < -0.3 is 15.3 Å². The molecule has 1 fully saturated rings. The first-order chi connectivity index (χ1) is 9.52. The van der Waals surface area contributed by atoms with E-state index < -0.39 is 6.10 Å². The highest BCUT2D eigenvalue weighted by atomic mass is 16.3. The van der Waals surface area contributed by atoms with Crippen LogP contribution in [0, 0.1) is 0 Å². The SMILES string of the molecule is CCCN(CC(=O)N(C)C)CC(O)CN1CCNCC1. The van der Waals surface area contributed by atoms with Gasteiger partial charge in [-0.2, -0.15) is 0 Å². The smallest absolute Gasteiger partial charge is 0.236 e. The number of aliphatic hydroxyl groups is 1. The molecule has 1 heterocycles. The predicted molar refractivity (Wildman–Crippen MR) is 80.7 cm³/mol. The summed E-state index contributed by atoms with van der Waals surface area (Å²) in [5.41, 5.74) is 0. The summed E-state index contributed by atoms with van der Waals surface area (Å²) in [6.45, 7) is 8.54. The van der Waals surface area contributed by atoms with Crippen molar-refractivity contribution in [2.24, 2.45) is 0 Å². The maximum absolute atomic E-state index is 11.8. The molecule has 1 unspecified atom stereocenters. The Morgan fingerprint density at radius 3 is 2.55 bits per heavy atom. The van der Waals surface area contributed by atoms with Crippen molar-refractivity contribution in [2.45, 2.75) is 19.4 Å². The lowest BCUT2D eigenvalue weighted by molar-refractivity contribution is -0.130. The number of β-amino-alcohol motifs (C(OH)–C–C–N with tert-alkyl or cyclic N) is 1. The number of rotatable bonds is 8. The molecule has 1 aliphatic heterocycles. The van der Waals surface area contributed by atoms with Crippen LogP contribution in [0.15, 0.2) is 0 Å². The van der Waals surface area contributed by atoms with Crippen molar-refractivity contribution in [3.05, 3.63) is 0 Å². The van der Waals surface area contributed by atoms with Crippen LogP contribution in [0.3, 0.4) is 0 Å². The first-order valence-electron chi connectivity index (χ1n) is 7.56. The third kappa shape index (κ3) is 6.65. The molecule has 0 aromatic heterocycles. The third-order valence-electron chi connectivity index (χ3n) is 3.55. The highest BCUT2D eigenvalue weighted by Crippen LogP contribution is 2.00. The van der Waals surface area contributed by atoms with Gasteiger partial charge in [0.05, 0.1) is 12.6 Å². The molecule has 1 aliphatic rings. The van der Waals surface area contributed by atoms with Gasteiger partial charge in [0.1, 0.15) is 0 Å². The van der Waals surface area contributed by atoms with E-state index in [1.54, 1.807) is 19.0 Å². The van der Waals surface area contributed by atoms with Crippen LogP contribution in [0.2, 0.25) is 0 Å². The maximum atomic E-state index is 11.8. The second kappa shape index (κ2) is 9.28. The minimum Gasteiger partial charge on any atom is -0.390 e. The number of amides is 1. The Hall–Kier alpha value is -0.690. The van der Waals surface area contributed by atoms with Gasteiger partial charge in [0, 0.05) is 53.4 Å². The first kappa shape index (κ1) is 17.4. The van der Waals surface area contributed by atoms with Gasteiger partial charge in [-0.15, -0.1) is 0 Å². The fraction of sp³-hybridized carbons (Fsp3) is 0.929. The zero-order chi connectivity index (χ0) is 15.0. The van der Waals surface area contributed by atoms with E-state index in [4.69, 9.17) is 0 Å². The topological polar surface area (TPSA) is 59.1 Å². The Kier molecular flexibility index (Phi) is 8.06. The summed E-state index contributed by atoms with van der Waals surface area (Å²) in [4.78, 5) is 17.7. The number of piperazine rings is 1. The van der Waals surface area contributed by atoms with E-state index in [1.165, 1.54) is 0 Å². The minimum absolute atomic E-state index is 0.0906. The Labute approximate surface area is 122 Å². The average molecular weight is 286 g/mol. The predicted octanol–water partition coefficient (Wildman–Crippen LogP) is -0.947. The van der Waals surface area contributed by atoms with Crippen LogP contribution in [0.4, 0.5) is 0 Å². The fourth-order valence-corrected chi connectivity index (χ4v) is 2.43. The van der Waals surface area contributed by atoms with E-state index >= 15 is 0 Å². The van der Waals surface area contributed by atoms with Crippen molar-refractivity contribution in [3.8, 4) is 0 Å². The Morgan fingerprint density at radius 1 is 1.35 bits per heavy atom. The lowest BCUT2D eigenvalue weighted by Gasteiger charge is -2.31. The largest absolute Gasteiger partial charge is 0.390 e. The van der Waals surface area contributed by atoms with Crippen LogP contribution in [-0.2, 0) is 4.79 Å². The normalized spacial score (nSPS) is 18.2. The van der Waals surface area contributed by atoms with Crippen molar-refractivity contribution < 1.29 is 9.90 Å². The number of aliphatic hydroxyl groups excluding tert-OH is 1. The van der Waals surface area contributed by atoms with E-state index in [1.807, 2.05) is 0 Å². The van der Waals surface area contributed by atoms with Crippen molar-refractivity contribution in [1.82, 2.24) is 20.0 Å². The molecule has 0 bridgehead atoms. The summed E-state index contributed by atoms with van der Waals surface area (Å²) in [7, 11) is 3.53. The van der Waals surface area contributed by atoms with E-state index in [2.05, 4.69) is 22.0 Å². The van der Waals surface area contributed by atoms with Gasteiger partial charge in [0.2, 0.25) is 5.91 Å². The number of carbonyl (C=O) groups is 1. The van der Waals surface area contributed by atoms with E-state index in [0.717, 1.165) is 39.1 Å². The van der Waals surface area contributed by atoms with Crippen molar-refractivity contribution in [1.29, 1.82) is 0 Å². The van der Waals surface area contributed by atoms with Crippen LogP contribution in [0.1, 0.15) is 13.3 Å². The number of carbonyl (C=O) groups excluding carboxylic acids is 1. The van der Waals surface area contributed by atoms with Crippen LogP contribution in [0.5, 0.6) is 0 Å². The quantitative estimate of drug-likeness (QED) is 0.603. The fourth-order valence-electron chi connectivity index (χ4n) is 2.43. The number of nitrogens with zero attached hydrogens (tertiary/aromatic N) is 3. The molecule has 6 nitrogen and oxygen atoms in total. The average Bonchev–Trinajstić information content (AvgIpc) is 2.39. The summed E-state index contributed by atoms with van der Waals surface area (Å²) in [6, 6.07) is 0. The molecule has 0 radical (unpaired) electrons. The van der Waals surface area contributed by atoms with Gasteiger partial charge in [-0.25, -0.2) is 0 Å². The molecule has 0 aliphatic carbocycles. The second-order valence-electron chi connectivity index (χ2n) is 5.73. The molecule has 0 aromatic carbocycles. The number of hydrogen-bond acceptors (Lipinski definition) is 5. The third-order valence-corrected chi connectivity index (χ3v) is 3.55. The summed E-state index contributed by atoms with van der Waals surface area (Å²) < 4.78 is 0. The molecular formula is C14H30N4O2. The molecular weight excluding hydrogens is 256 g/mol. The monoisotopic (exact) mass is 286 g/mol. The highest BCUT2D eigenvalue weighted by molar-refractivity contribution is 5.77. The molecule has 1 atom stereocenters. The minimum atomic E-state index is -0.394. The van der Waals surface area contributed by atoms with Crippen molar-refractivity contribution >= 4 is 5.91 Å². The molecule has 1 amide bonds. The molecule has 6 heteroatoms. The second-order valence-corrected chi connectivity index (χ2v) is 5.73. The summed E-state index contributed by atoms with van der Waals surface area (Å²) in [5, 5.41) is 13.5. The number of likely N-dealkylation sites (N-methyl/N-ethyl adjacent to an activating group) is 1. The van der Waals surface area contributed by atoms with Gasteiger partial charge in [-0.05, 0) is 13.0 Å². The molecule has 0 aromatic rings. The summed E-state index contributed by atoms with van der Waals surface area (Å²) in [6.07, 6.45) is 0.593. The van der Waals surface area contributed by atoms with Gasteiger partial charge in [-0.3, -0.25) is 14.6 Å². The van der Waals surface area contributed by atoms with Crippen LogP contribution in [-0.4, -0.2) is 98.3 Å². The first-order valence-corrected chi connectivity index (χ1v) is 7.56. The number of nitrogens with one attached hydrogen (secondary N) is 1. The molecule has 20 heavy (non-hydrogen) atoms. The van der Waals surface area contributed by atoms with E-state index in [-0.39, 0.29) is 5.91 Å². The van der Waals surface area contributed by atoms with Crippen molar-refractivity contribution in [2.75, 3.05) is 66.5 Å². The maximum Gasteiger partial charge on any atom is 0.236 e. The van der Waals surface area contributed by atoms with Crippen LogP contribution < -0.4 is 5.32 Å². The number of hydrogen-bond donors (Lipinski definition) is 2. The molecule has 0 saturated carbocycles. The summed E-state index contributed by atoms with van der Waals surface area (Å²) in [5.74, 6) is 0.0906. The standard InChI is InChI=1S/C14H30N4O2/c1-4-7-18(12-14(20)16(2)3)11-13(19)10-17-8-5-15-6-9-17/h13,15,19H,4-12H2,1-3H3. The van der Waals surface area contributed by atoms with Gasteiger partial charge in [0.25, 0.3) is 0 Å². The van der Waals surface area contributed by atoms with E-state index in [0.29, 0.717) is 19.6 Å². The summed E-state index contributed by atoms with van der Waals surface area (Å²) >= 11 is 0. The molecule has 0 spiro atoms. The lowest BCUT2D eigenvalue weighted by Crippen LogP contribution is -2.49. The van der Waals surface area contributed by atoms with Crippen LogP contribution in [0.25, 0.3) is 0 Å². The van der Waals surface area contributed by atoms with Crippen molar-refractivity contribution in [3.63, 3.8) is 0 Å². The molecule has 1 rings (SSSR count). The van der Waals surface area contributed by atoms with E-state index in [9.17, 15) is 9.90 Å². The van der Waals surface area contributed by atoms with Gasteiger partial charge in [-0.1, -0.05) is 6.92 Å². The molecule has 1 saturated heterocycles.